The molecule has 0 saturated carbocycles. The maximum Gasteiger partial charge on any atom is -0.00264 e. The van der Waals surface area contributed by atoms with Crippen LogP contribution in [0.5, 0.6) is 0 Å². The molecule has 9 aromatic rings. The Hall–Kier alpha value is -5.20. The molecule has 0 atom stereocenters. The van der Waals surface area contributed by atoms with Crippen molar-refractivity contribution in [2.75, 3.05) is 0 Å². The molecule has 0 aliphatic heterocycles. The Bertz CT molecular complexity index is 2410. The molecule has 0 N–H and O–H groups in total. The normalized spacial score (nSPS) is 12.5. The van der Waals surface area contributed by atoms with E-state index >= 15 is 0 Å². The third-order valence-electron chi connectivity index (χ3n) is 9.15. The largest absolute Gasteiger partial charge is 0.0616 e. The summed E-state index contributed by atoms with van der Waals surface area (Å²) in [7, 11) is 0. The highest BCUT2D eigenvalue weighted by molar-refractivity contribution is 6.18. The van der Waals surface area contributed by atoms with Gasteiger partial charge in [-0.15, -0.1) is 0 Å². The van der Waals surface area contributed by atoms with Gasteiger partial charge in [0.2, 0.25) is 0 Å². The fourth-order valence-corrected chi connectivity index (χ4v) is 7.23. The highest BCUT2D eigenvalue weighted by Crippen LogP contribution is 2.48. The van der Waals surface area contributed by atoms with Crippen LogP contribution < -0.4 is 0 Å². The summed E-state index contributed by atoms with van der Waals surface area (Å²) in [5, 5.41) is 18.2. The molecule has 1 aliphatic rings. The summed E-state index contributed by atoms with van der Waals surface area (Å²) < 4.78 is 0. The molecular weight excluding hydrogens is 480 g/mol. The lowest BCUT2D eigenvalue weighted by atomic mass is 9.93. The zero-order chi connectivity index (χ0) is 25.9. The van der Waals surface area contributed by atoms with Crippen LogP contribution in [-0.2, 0) is 0 Å². The van der Waals surface area contributed by atoms with E-state index in [2.05, 4.69) is 133 Å². The van der Waals surface area contributed by atoms with Crippen molar-refractivity contribution >= 4 is 75.4 Å². The molecular formula is C40H22. The van der Waals surface area contributed by atoms with Crippen LogP contribution in [0, 0.1) is 0 Å². The molecule has 0 amide bonds. The van der Waals surface area contributed by atoms with Crippen LogP contribution >= 0.6 is 0 Å². The summed E-state index contributed by atoms with van der Waals surface area (Å²) in [4.78, 5) is 0. The molecule has 0 radical (unpaired) electrons. The average molecular weight is 503 g/mol. The van der Waals surface area contributed by atoms with E-state index in [-0.39, 0.29) is 0 Å². The van der Waals surface area contributed by atoms with Gasteiger partial charge >= 0.3 is 0 Å². The van der Waals surface area contributed by atoms with Crippen LogP contribution in [0.4, 0.5) is 0 Å². The second-order valence-electron chi connectivity index (χ2n) is 11.5. The molecule has 40 heavy (non-hydrogen) atoms. The summed E-state index contributed by atoms with van der Waals surface area (Å²) >= 11 is 0. The van der Waals surface area contributed by atoms with E-state index in [4.69, 9.17) is 0 Å². The number of hydrogen-bond acceptors (Lipinski definition) is 0. The maximum absolute atomic E-state index is 2.40. The minimum Gasteiger partial charge on any atom is -0.0616 e. The van der Waals surface area contributed by atoms with E-state index in [1.54, 1.807) is 0 Å². The van der Waals surface area contributed by atoms with Gasteiger partial charge in [-0.25, -0.2) is 0 Å². The Labute approximate surface area is 230 Å². The highest BCUT2D eigenvalue weighted by Gasteiger charge is 2.21. The summed E-state index contributed by atoms with van der Waals surface area (Å²) in [6, 6.07) is 50.4. The fraction of sp³-hybridized carbons (Fsp3) is 0. The zero-order valence-electron chi connectivity index (χ0n) is 21.7. The number of fused-ring (bicyclic) bond motifs is 9. The number of hydrogen-bond donors (Lipinski definition) is 0. The first-order chi connectivity index (χ1) is 19.7. The van der Waals surface area contributed by atoms with E-state index in [0.717, 1.165) is 0 Å². The zero-order valence-corrected chi connectivity index (χ0v) is 21.7. The van der Waals surface area contributed by atoms with Crippen LogP contribution in [0.15, 0.2) is 133 Å². The third-order valence-corrected chi connectivity index (χ3v) is 9.15. The van der Waals surface area contributed by atoms with Crippen LogP contribution in [0.1, 0.15) is 0 Å². The molecule has 0 nitrogen and oxygen atoms in total. The summed E-state index contributed by atoms with van der Waals surface area (Å²) in [5.74, 6) is 0. The predicted molar refractivity (Wildman–Crippen MR) is 173 cm³/mol. The molecule has 9 aromatic carbocycles. The van der Waals surface area contributed by atoms with E-state index < -0.39 is 0 Å². The molecule has 0 unspecified atom stereocenters. The summed E-state index contributed by atoms with van der Waals surface area (Å²) in [6.07, 6.45) is 0. The van der Waals surface area contributed by atoms with Crippen LogP contribution in [0.25, 0.3) is 97.7 Å². The van der Waals surface area contributed by atoms with Crippen molar-refractivity contribution in [3.8, 4) is 22.3 Å². The molecule has 0 fully saturated rings. The third kappa shape index (κ3) is 2.75. The van der Waals surface area contributed by atoms with E-state index in [1.807, 2.05) is 0 Å². The van der Waals surface area contributed by atoms with E-state index in [9.17, 15) is 0 Å². The summed E-state index contributed by atoms with van der Waals surface area (Å²) in [5.41, 5.74) is 5.42. The van der Waals surface area contributed by atoms with Crippen molar-refractivity contribution in [1.29, 1.82) is 0 Å². The first kappa shape index (κ1) is 20.7. The van der Waals surface area contributed by atoms with Crippen molar-refractivity contribution in [2.45, 2.75) is 0 Å². The lowest BCUT2D eigenvalue weighted by molar-refractivity contribution is 1.75. The molecule has 0 spiro atoms. The number of benzene rings is 9. The molecule has 0 saturated heterocycles. The molecule has 0 heteroatoms. The predicted octanol–water partition coefficient (Wildman–Crippen LogP) is 11.4. The van der Waals surface area contributed by atoms with Crippen LogP contribution in [-0.4, -0.2) is 0 Å². The van der Waals surface area contributed by atoms with Crippen LogP contribution in [0.3, 0.4) is 0 Å². The Morgan fingerprint density at radius 3 is 0.875 bits per heavy atom. The molecule has 0 aromatic heterocycles. The van der Waals surface area contributed by atoms with Gasteiger partial charge in [0.15, 0.2) is 0 Å². The van der Waals surface area contributed by atoms with Gasteiger partial charge in [0.05, 0.1) is 0 Å². The molecule has 1 aliphatic carbocycles. The van der Waals surface area contributed by atoms with Gasteiger partial charge < -0.3 is 0 Å². The minimum atomic E-state index is 1.29. The molecule has 10 rings (SSSR count). The van der Waals surface area contributed by atoms with Gasteiger partial charge in [0.1, 0.15) is 0 Å². The van der Waals surface area contributed by atoms with Crippen LogP contribution in [0.2, 0.25) is 0 Å². The van der Waals surface area contributed by atoms with E-state index in [0.29, 0.717) is 0 Å². The van der Waals surface area contributed by atoms with Gasteiger partial charge in [-0.05, 0) is 170 Å². The topological polar surface area (TPSA) is 0 Å². The Morgan fingerprint density at radius 2 is 0.500 bits per heavy atom. The molecule has 182 valence electrons. The Kier molecular flexibility index (Phi) is 3.76. The highest BCUT2D eigenvalue weighted by atomic mass is 14.2. The maximum atomic E-state index is 2.40. The fourth-order valence-electron chi connectivity index (χ4n) is 7.23. The van der Waals surface area contributed by atoms with Gasteiger partial charge in [-0.3, -0.25) is 0 Å². The van der Waals surface area contributed by atoms with Crippen molar-refractivity contribution in [3.63, 3.8) is 0 Å². The first-order valence-electron chi connectivity index (χ1n) is 14.0. The quantitative estimate of drug-likeness (QED) is 0.181. The lowest BCUT2D eigenvalue weighted by Crippen LogP contribution is -1.83. The van der Waals surface area contributed by atoms with E-state index in [1.165, 1.54) is 97.7 Å². The lowest BCUT2D eigenvalue weighted by Gasteiger charge is -2.10. The monoisotopic (exact) mass is 502 g/mol. The van der Waals surface area contributed by atoms with Crippen molar-refractivity contribution in [2.24, 2.45) is 0 Å². The first-order valence-corrected chi connectivity index (χ1v) is 14.0. The number of rotatable bonds is 0. The molecule has 0 heterocycles. The second-order valence-corrected chi connectivity index (χ2v) is 11.5. The van der Waals surface area contributed by atoms with Gasteiger partial charge in [0.25, 0.3) is 0 Å². The minimum absolute atomic E-state index is 1.29. The summed E-state index contributed by atoms with van der Waals surface area (Å²) in [6.45, 7) is 0. The smallest absolute Gasteiger partial charge is 0.00264 e. The van der Waals surface area contributed by atoms with Gasteiger partial charge in [0, 0.05) is 0 Å². The second kappa shape index (κ2) is 7.25. The van der Waals surface area contributed by atoms with Crippen molar-refractivity contribution < 1.29 is 0 Å². The average Bonchev–Trinajstić information content (AvgIpc) is 3.29. The van der Waals surface area contributed by atoms with Crippen molar-refractivity contribution in [3.05, 3.63) is 133 Å². The van der Waals surface area contributed by atoms with Gasteiger partial charge in [-0.2, -0.15) is 0 Å². The molecule has 0 bridgehead atoms. The standard InChI is InChI=1S/C40H22/c1-2-6-25-12-27-14-29-16-31-18-33-20-35-22-39-37-10-4-8-23-7-3-9-36(40(23)37)38(39)21-34(35)19-32(33)17-30(31)15-28(29)13-26(27)11-24(25)5-1/h1-22H. The van der Waals surface area contributed by atoms with Crippen molar-refractivity contribution in [1.82, 2.24) is 0 Å². The Balaban J connectivity index is 1.21. The SMILES string of the molecule is c1ccc2cc3cc4cc5cc6cc7cc8c(cc7cc6cc5cc4cc3cc2c1)-c1cccc2cccc-8c12. The Morgan fingerprint density at radius 1 is 0.200 bits per heavy atom. The van der Waals surface area contributed by atoms with Gasteiger partial charge in [-0.1, -0.05) is 60.7 Å².